The summed E-state index contributed by atoms with van der Waals surface area (Å²) >= 11 is 12.4. The van der Waals surface area contributed by atoms with Gasteiger partial charge in [-0.25, -0.2) is 4.98 Å². The van der Waals surface area contributed by atoms with Crippen molar-refractivity contribution in [3.8, 4) is 11.3 Å². The Kier molecular flexibility index (Phi) is 5.35. The summed E-state index contributed by atoms with van der Waals surface area (Å²) in [6.45, 7) is 1.32. The van der Waals surface area contributed by atoms with Gasteiger partial charge in [0.05, 0.1) is 21.3 Å². The first-order valence-corrected chi connectivity index (χ1v) is 8.38. The van der Waals surface area contributed by atoms with Gasteiger partial charge in [0.15, 0.2) is 0 Å². The number of rotatable bonds is 4. The van der Waals surface area contributed by atoms with Crippen LogP contribution in [0.25, 0.3) is 11.3 Å². The average Bonchev–Trinajstić information content (AvgIpc) is 2.60. The first kappa shape index (κ1) is 17.5. The van der Waals surface area contributed by atoms with E-state index in [0.29, 0.717) is 40.9 Å². The standard InChI is InChI=1S/C17H17Cl2FN2O2/c1-23-17(4-6-24-7-5-17)9-11-2-3-13(18)16(22-11)12-8-15(20)21-10-14(12)19/h2-3,8,10H,4-7,9H2,1H3. The first-order valence-electron chi connectivity index (χ1n) is 7.63. The van der Waals surface area contributed by atoms with Gasteiger partial charge in [0.25, 0.3) is 0 Å². The Morgan fingerprint density at radius 2 is 2.00 bits per heavy atom. The fourth-order valence-electron chi connectivity index (χ4n) is 2.89. The highest BCUT2D eigenvalue weighted by Crippen LogP contribution is 2.34. The average molecular weight is 371 g/mol. The molecule has 0 bridgehead atoms. The number of methoxy groups -OCH3 is 1. The Morgan fingerprint density at radius 1 is 1.25 bits per heavy atom. The molecule has 7 heteroatoms. The Hall–Kier alpha value is -1.27. The zero-order chi connectivity index (χ0) is 17.2. The van der Waals surface area contributed by atoms with E-state index < -0.39 is 5.95 Å². The van der Waals surface area contributed by atoms with E-state index in [1.165, 1.54) is 12.3 Å². The summed E-state index contributed by atoms with van der Waals surface area (Å²) < 4.78 is 24.6. The number of nitrogens with zero attached hydrogens (tertiary/aromatic N) is 2. The molecule has 0 atom stereocenters. The van der Waals surface area contributed by atoms with Gasteiger partial charge < -0.3 is 9.47 Å². The van der Waals surface area contributed by atoms with E-state index in [4.69, 9.17) is 32.7 Å². The van der Waals surface area contributed by atoms with Crippen LogP contribution >= 0.6 is 23.2 Å². The van der Waals surface area contributed by atoms with E-state index in [-0.39, 0.29) is 5.60 Å². The predicted octanol–water partition coefficient (Wildman–Crippen LogP) is 4.33. The maximum absolute atomic E-state index is 13.5. The molecular weight excluding hydrogens is 354 g/mol. The number of aromatic nitrogens is 2. The van der Waals surface area contributed by atoms with Crippen LogP contribution in [0.4, 0.5) is 4.39 Å². The molecule has 24 heavy (non-hydrogen) atoms. The lowest BCUT2D eigenvalue weighted by Crippen LogP contribution is -2.40. The minimum absolute atomic E-state index is 0.301. The van der Waals surface area contributed by atoms with Crippen LogP contribution < -0.4 is 0 Å². The third-order valence-electron chi connectivity index (χ3n) is 4.32. The summed E-state index contributed by atoms with van der Waals surface area (Å²) in [6.07, 6.45) is 3.48. The minimum Gasteiger partial charge on any atom is -0.381 e. The number of ether oxygens (including phenoxy) is 2. The van der Waals surface area contributed by atoms with Gasteiger partial charge in [-0.15, -0.1) is 0 Å². The van der Waals surface area contributed by atoms with Crippen LogP contribution in [0, 0.1) is 5.95 Å². The molecule has 0 aliphatic carbocycles. The Balaban J connectivity index is 1.95. The molecule has 0 amide bonds. The molecule has 1 aliphatic heterocycles. The Morgan fingerprint density at radius 3 is 2.71 bits per heavy atom. The number of hydrogen-bond acceptors (Lipinski definition) is 4. The number of hydrogen-bond donors (Lipinski definition) is 0. The maximum atomic E-state index is 13.5. The number of pyridine rings is 2. The molecule has 0 spiro atoms. The van der Waals surface area contributed by atoms with Crippen LogP contribution in [0.15, 0.2) is 24.4 Å². The van der Waals surface area contributed by atoms with Crippen LogP contribution in [0.2, 0.25) is 10.0 Å². The lowest BCUT2D eigenvalue weighted by molar-refractivity contribution is -0.0893. The molecule has 1 saturated heterocycles. The second kappa shape index (κ2) is 7.31. The van der Waals surface area contributed by atoms with Crippen molar-refractivity contribution in [2.45, 2.75) is 24.9 Å². The fourth-order valence-corrected chi connectivity index (χ4v) is 3.29. The molecule has 0 unspecified atom stereocenters. The third-order valence-corrected chi connectivity index (χ3v) is 4.93. The van der Waals surface area contributed by atoms with Crippen LogP contribution in [0.3, 0.4) is 0 Å². The summed E-state index contributed by atoms with van der Waals surface area (Å²) in [7, 11) is 1.71. The molecule has 4 nitrogen and oxygen atoms in total. The molecule has 3 heterocycles. The molecule has 3 rings (SSSR count). The summed E-state index contributed by atoms with van der Waals surface area (Å²) in [5.74, 6) is -0.629. The van der Waals surface area contributed by atoms with Crippen molar-refractivity contribution in [2.75, 3.05) is 20.3 Å². The summed E-state index contributed by atoms with van der Waals surface area (Å²) in [6, 6.07) is 4.84. The molecule has 128 valence electrons. The highest BCUT2D eigenvalue weighted by molar-refractivity contribution is 6.36. The molecule has 0 radical (unpaired) electrons. The van der Waals surface area contributed by atoms with Crippen molar-refractivity contribution < 1.29 is 13.9 Å². The normalized spacial score (nSPS) is 17.0. The first-order chi connectivity index (χ1) is 11.5. The molecule has 2 aromatic heterocycles. The molecule has 1 fully saturated rings. The molecule has 1 aliphatic rings. The summed E-state index contributed by atoms with van der Waals surface area (Å²) in [4.78, 5) is 8.13. The lowest BCUT2D eigenvalue weighted by atomic mass is 9.88. The zero-order valence-corrected chi connectivity index (χ0v) is 14.7. The van der Waals surface area contributed by atoms with Crippen molar-refractivity contribution in [3.63, 3.8) is 0 Å². The molecule has 0 N–H and O–H groups in total. The summed E-state index contributed by atoms with van der Waals surface area (Å²) in [5, 5.41) is 0.708. The van der Waals surface area contributed by atoms with Gasteiger partial charge in [-0.2, -0.15) is 4.39 Å². The van der Waals surface area contributed by atoms with Crippen molar-refractivity contribution in [2.24, 2.45) is 0 Å². The van der Waals surface area contributed by atoms with Crippen molar-refractivity contribution >= 4 is 23.2 Å². The van der Waals surface area contributed by atoms with E-state index in [9.17, 15) is 4.39 Å². The maximum Gasteiger partial charge on any atom is 0.213 e. The molecule has 0 saturated carbocycles. The van der Waals surface area contributed by atoms with E-state index >= 15 is 0 Å². The Bertz CT molecular complexity index is 737. The summed E-state index contributed by atoms with van der Waals surface area (Å²) in [5.41, 5.74) is 1.38. The quantitative estimate of drug-likeness (QED) is 0.751. The zero-order valence-electron chi connectivity index (χ0n) is 13.2. The van der Waals surface area contributed by atoms with Crippen molar-refractivity contribution in [1.82, 2.24) is 9.97 Å². The van der Waals surface area contributed by atoms with E-state index in [0.717, 1.165) is 18.5 Å². The van der Waals surface area contributed by atoms with Gasteiger partial charge in [0, 0.05) is 63.1 Å². The van der Waals surface area contributed by atoms with E-state index in [2.05, 4.69) is 9.97 Å². The minimum atomic E-state index is -0.629. The van der Waals surface area contributed by atoms with E-state index in [1.54, 1.807) is 13.2 Å². The second-order valence-corrected chi connectivity index (χ2v) is 6.61. The SMILES string of the molecule is COC1(Cc2ccc(Cl)c(-c3cc(F)ncc3Cl)n2)CCOCC1. The molecular formula is C17H17Cl2FN2O2. The second-order valence-electron chi connectivity index (χ2n) is 5.80. The van der Waals surface area contributed by atoms with Crippen LogP contribution in [-0.4, -0.2) is 35.9 Å². The third kappa shape index (κ3) is 3.70. The fraction of sp³-hybridized carbons (Fsp3) is 0.412. The van der Waals surface area contributed by atoms with Gasteiger partial charge in [-0.3, -0.25) is 4.98 Å². The van der Waals surface area contributed by atoms with Crippen molar-refractivity contribution in [1.29, 1.82) is 0 Å². The topological polar surface area (TPSA) is 44.2 Å². The van der Waals surface area contributed by atoms with Gasteiger partial charge >= 0.3 is 0 Å². The largest absolute Gasteiger partial charge is 0.381 e. The molecule has 2 aromatic rings. The van der Waals surface area contributed by atoms with E-state index in [1.807, 2.05) is 6.07 Å². The smallest absolute Gasteiger partial charge is 0.213 e. The van der Waals surface area contributed by atoms with Crippen LogP contribution in [-0.2, 0) is 15.9 Å². The van der Waals surface area contributed by atoms with Gasteiger partial charge in [-0.05, 0) is 12.1 Å². The van der Waals surface area contributed by atoms with Gasteiger partial charge in [0.1, 0.15) is 0 Å². The monoisotopic (exact) mass is 370 g/mol. The predicted molar refractivity (Wildman–Crippen MR) is 90.9 cm³/mol. The van der Waals surface area contributed by atoms with Crippen molar-refractivity contribution in [3.05, 3.63) is 46.1 Å². The highest BCUT2D eigenvalue weighted by Gasteiger charge is 2.33. The van der Waals surface area contributed by atoms with Gasteiger partial charge in [0.2, 0.25) is 5.95 Å². The number of halogens is 3. The van der Waals surface area contributed by atoms with Gasteiger partial charge in [-0.1, -0.05) is 23.2 Å². The molecule has 0 aromatic carbocycles. The lowest BCUT2D eigenvalue weighted by Gasteiger charge is -2.35. The van der Waals surface area contributed by atoms with Crippen LogP contribution in [0.5, 0.6) is 0 Å². The highest BCUT2D eigenvalue weighted by atomic mass is 35.5. The van der Waals surface area contributed by atoms with Crippen LogP contribution in [0.1, 0.15) is 18.5 Å². The Labute approximate surface area is 149 Å².